The standard InChI is InChI=1S/C11H24NO.2C6H13.Al/c1-4-7-9-12(10-8-5-2)11(13)6-3;2*1-3-5-6-4-2;/h11H,4-10H2,1-3H3;2*1,3-6H2,2H3;/q-1;;;+1. The zero-order valence-corrected chi connectivity index (χ0v) is 20.2. The molecule has 0 aliphatic heterocycles. The van der Waals surface area contributed by atoms with Crippen molar-refractivity contribution in [2.45, 2.75) is 135 Å². The Morgan fingerprint density at radius 1 is 0.615 bits per heavy atom. The van der Waals surface area contributed by atoms with Gasteiger partial charge < -0.3 is 3.79 Å². The molecule has 0 aromatic carbocycles. The monoisotopic (exact) mass is 383 g/mol. The Labute approximate surface area is 171 Å². The van der Waals surface area contributed by atoms with E-state index in [2.05, 4.69) is 39.5 Å². The van der Waals surface area contributed by atoms with E-state index in [1.807, 2.05) is 0 Å². The second kappa shape index (κ2) is 20.2. The van der Waals surface area contributed by atoms with Crippen LogP contribution in [-0.2, 0) is 3.79 Å². The predicted molar refractivity (Wildman–Crippen MR) is 120 cm³/mol. The van der Waals surface area contributed by atoms with Crippen LogP contribution in [0.5, 0.6) is 0 Å². The van der Waals surface area contributed by atoms with Gasteiger partial charge in [0, 0.05) is 13.1 Å². The second-order valence-electron chi connectivity index (χ2n) is 8.06. The van der Waals surface area contributed by atoms with Gasteiger partial charge in [-0.25, -0.2) is 0 Å². The maximum absolute atomic E-state index is 6.88. The average Bonchev–Trinajstić information content (AvgIpc) is 2.66. The first-order valence-corrected chi connectivity index (χ1v) is 14.2. The van der Waals surface area contributed by atoms with Crippen molar-refractivity contribution in [1.82, 2.24) is 4.90 Å². The van der Waals surface area contributed by atoms with Crippen LogP contribution in [-0.4, -0.2) is 38.7 Å². The molecule has 0 N–H and O–H groups in total. The minimum atomic E-state index is -1.06. The van der Waals surface area contributed by atoms with Gasteiger partial charge in [0.15, 0.2) is 0 Å². The lowest BCUT2D eigenvalue weighted by molar-refractivity contribution is 0.0169. The van der Waals surface area contributed by atoms with Crippen molar-refractivity contribution >= 4 is 14.5 Å². The number of rotatable bonds is 20. The summed E-state index contributed by atoms with van der Waals surface area (Å²) in [5, 5.41) is 2.80. The quantitative estimate of drug-likeness (QED) is 0.121. The summed E-state index contributed by atoms with van der Waals surface area (Å²) in [6, 6.07) is 0. The molecule has 0 rings (SSSR count). The molecule has 0 spiro atoms. The van der Waals surface area contributed by atoms with Crippen molar-refractivity contribution in [3.63, 3.8) is 0 Å². The molecule has 0 aromatic heterocycles. The first kappa shape index (κ1) is 26.5. The first-order valence-electron chi connectivity index (χ1n) is 12.1. The van der Waals surface area contributed by atoms with Crippen molar-refractivity contribution in [3.8, 4) is 0 Å². The second-order valence-corrected chi connectivity index (χ2v) is 10.7. The fraction of sp³-hybridized carbons (Fsp3) is 1.00. The van der Waals surface area contributed by atoms with Crippen LogP contribution >= 0.6 is 0 Å². The third-order valence-electron chi connectivity index (χ3n) is 5.46. The van der Waals surface area contributed by atoms with Crippen molar-refractivity contribution in [2.24, 2.45) is 0 Å². The summed E-state index contributed by atoms with van der Waals surface area (Å²) < 4.78 is 6.88. The van der Waals surface area contributed by atoms with E-state index < -0.39 is 14.5 Å². The third-order valence-corrected chi connectivity index (χ3v) is 8.27. The van der Waals surface area contributed by atoms with E-state index in [0.717, 1.165) is 6.42 Å². The average molecular weight is 384 g/mol. The maximum Gasteiger partial charge on any atom is 0.461 e. The molecule has 0 saturated heterocycles. The predicted octanol–water partition coefficient (Wildman–Crippen LogP) is 7.79. The Hall–Kier alpha value is 0.452. The van der Waals surface area contributed by atoms with E-state index >= 15 is 0 Å². The third kappa shape index (κ3) is 14.5. The summed E-state index contributed by atoms with van der Waals surface area (Å²) in [4.78, 5) is 2.67. The number of hydrogen-bond donors (Lipinski definition) is 0. The Morgan fingerprint density at radius 2 is 1.08 bits per heavy atom. The Kier molecular flexibility index (Phi) is 20.5. The van der Waals surface area contributed by atoms with Crippen molar-refractivity contribution in [1.29, 1.82) is 0 Å². The summed E-state index contributed by atoms with van der Waals surface area (Å²) in [6.07, 6.45) is 17.8. The van der Waals surface area contributed by atoms with Gasteiger partial charge in [-0.15, -0.1) is 0 Å². The highest BCUT2D eigenvalue weighted by Crippen LogP contribution is 2.19. The van der Waals surface area contributed by atoms with Crippen LogP contribution in [0, 0.1) is 0 Å². The Morgan fingerprint density at radius 3 is 1.46 bits per heavy atom. The highest BCUT2D eigenvalue weighted by Gasteiger charge is 2.26. The lowest BCUT2D eigenvalue weighted by Crippen LogP contribution is -2.42. The van der Waals surface area contributed by atoms with Gasteiger partial charge in [-0.1, -0.05) is 109 Å². The molecule has 0 radical (unpaired) electrons. The minimum absolute atomic E-state index is 0.391. The molecule has 3 heteroatoms. The van der Waals surface area contributed by atoms with E-state index in [1.54, 1.807) is 0 Å². The molecule has 0 bridgehead atoms. The molecule has 0 aliphatic carbocycles. The molecule has 1 atom stereocenters. The number of nitrogens with zero attached hydrogens (tertiary/aromatic N) is 1. The van der Waals surface area contributed by atoms with Gasteiger partial charge in [-0.3, -0.25) is 4.90 Å². The molecule has 1 unspecified atom stereocenters. The van der Waals surface area contributed by atoms with Crippen LogP contribution in [0.1, 0.15) is 118 Å². The van der Waals surface area contributed by atoms with Gasteiger partial charge in [0.25, 0.3) is 0 Å². The maximum atomic E-state index is 6.88. The lowest BCUT2D eigenvalue weighted by atomic mass is 10.2. The molecule has 156 valence electrons. The largest absolute Gasteiger partial charge is 0.487 e. The van der Waals surface area contributed by atoms with Gasteiger partial charge in [-0.05, 0) is 19.3 Å². The molecule has 0 heterocycles. The molecule has 0 aromatic rings. The molecule has 26 heavy (non-hydrogen) atoms. The van der Waals surface area contributed by atoms with E-state index in [-0.39, 0.29) is 0 Å². The van der Waals surface area contributed by atoms with E-state index in [1.165, 1.54) is 101 Å². The van der Waals surface area contributed by atoms with Crippen LogP contribution in [0.4, 0.5) is 0 Å². The highest BCUT2D eigenvalue weighted by molar-refractivity contribution is 6.51. The normalized spacial score (nSPS) is 12.7. The van der Waals surface area contributed by atoms with Gasteiger partial charge in [0.1, 0.15) is 0 Å². The highest BCUT2D eigenvalue weighted by atomic mass is 27.2. The fourth-order valence-corrected chi connectivity index (χ4v) is 6.52. The summed E-state index contributed by atoms with van der Waals surface area (Å²) in [6.45, 7) is 14.0. The molecule has 0 saturated carbocycles. The van der Waals surface area contributed by atoms with Gasteiger partial charge in [0.05, 0.1) is 6.23 Å². The Balaban J connectivity index is 4.64. The van der Waals surface area contributed by atoms with Crippen LogP contribution in [0.3, 0.4) is 0 Å². The minimum Gasteiger partial charge on any atom is -0.487 e. The van der Waals surface area contributed by atoms with Crippen molar-refractivity contribution < 1.29 is 3.79 Å². The zero-order valence-electron chi connectivity index (χ0n) is 19.0. The Bertz CT molecular complexity index is 255. The van der Waals surface area contributed by atoms with Crippen molar-refractivity contribution in [3.05, 3.63) is 0 Å². The summed E-state index contributed by atoms with van der Waals surface area (Å²) in [5.74, 6) is 0. The van der Waals surface area contributed by atoms with E-state index in [0.29, 0.717) is 6.23 Å². The van der Waals surface area contributed by atoms with E-state index in [9.17, 15) is 0 Å². The topological polar surface area (TPSA) is 12.5 Å². The smallest absolute Gasteiger partial charge is 0.461 e. The van der Waals surface area contributed by atoms with E-state index in [4.69, 9.17) is 3.79 Å². The zero-order chi connectivity index (χ0) is 19.5. The van der Waals surface area contributed by atoms with Crippen LogP contribution in [0.2, 0.25) is 10.6 Å². The van der Waals surface area contributed by atoms with Gasteiger partial charge >= 0.3 is 14.5 Å². The SMILES string of the molecule is CCCCC[CH2][Al]([CH2]CCCCC)[O]C(CC)N(CCCC)CCCC. The van der Waals surface area contributed by atoms with Crippen LogP contribution in [0.15, 0.2) is 0 Å². The summed E-state index contributed by atoms with van der Waals surface area (Å²) >= 11 is -1.06. The molecule has 0 fully saturated rings. The van der Waals surface area contributed by atoms with Gasteiger partial charge in [0.2, 0.25) is 0 Å². The molecular weight excluding hydrogens is 333 g/mol. The summed E-state index contributed by atoms with van der Waals surface area (Å²) in [7, 11) is 0. The molecular formula is C23H50AlNO. The number of hydrogen-bond acceptors (Lipinski definition) is 2. The summed E-state index contributed by atoms with van der Waals surface area (Å²) in [5.41, 5.74) is 0. The molecule has 0 aliphatic rings. The van der Waals surface area contributed by atoms with Crippen molar-refractivity contribution in [2.75, 3.05) is 13.1 Å². The fourth-order valence-electron chi connectivity index (χ4n) is 3.66. The van der Waals surface area contributed by atoms with Crippen LogP contribution < -0.4 is 0 Å². The molecule has 2 nitrogen and oxygen atoms in total. The van der Waals surface area contributed by atoms with Gasteiger partial charge in [-0.2, -0.15) is 0 Å². The molecule has 0 amide bonds. The first-order chi connectivity index (χ1) is 12.7. The van der Waals surface area contributed by atoms with Crippen LogP contribution in [0.25, 0.3) is 0 Å². The number of unbranched alkanes of at least 4 members (excludes halogenated alkanes) is 8. The lowest BCUT2D eigenvalue weighted by Gasteiger charge is -2.34.